The summed E-state index contributed by atoms with van der Waals surface area (Å²) in [4.78, 5) is 12.0. The molecule has 0 spiro atoms. The monoisotopic (exact) mass is 293 g/mol. The largest absolute Gasteiger partial charge is 0.393 e. The lowest BCUT2D eigenvalue weighted by Gasteiger charge is -2.32. The molecule has 0 radical (unpaired) electrons. The van der Waals surface area contributed by atoms with Gasteiger partial charge in [-0.1, -0.05) is 19.3 Å². The van der Waals surface area contributed by atoms with Crippen LogP contribution < -0.4 is 5.32 Å². The van der Waals surface area contributed by atoms with Crippen molar-refractivity contribution in [2.45, 2.75) is 57.2 Å². The number of carbonyl (C=O) groups excluding carboxylic acids is 1. The first-order valence-corrected chi connectivity index (χ1v) is 7.42. The fourth-order valence-corrected chi connectivity index (χ4v) is 3.45. The molecular formula is C14H22F3NO2. The number of nitrogens with one attached hydrogen (secondary N) is 1. The second-order valence-electron chi connectivity index (χ2n) is 6.04. The number of aliphatic hydroxyl groups is 1. The maximum absolute atomic E-state index is 12.9. The molecule has 4 atom stereocenters. The van der Waals surface area contributed by atoms with Crippen LogP contribution in [0.5, 0.6) is 0 Å². The molecule has 0 aromatic carbocycles. The third kappa shape index (κ3) is 3.65. The van der Waals surface area contributed by atoms with E-state index in [9.17, 15) is 23.1 Å². The molecule has 6 heteroatoms. The smallest absolute Gasteiger partial charge is 0.392 e. The molecule has 0 aromatic heterocycles. The van der Waals surface area contributed by atoms with Crippen molar-refractivity contribution in [1.29, 1.82) is 0 Å². The Labute approximate surface area is 116 Å². The topological polar surface area (TPSA) is 49.3 Å². The van der Waals surface area contributed by atoms with Crippen LogP contribution in [0.25, 0.3) is 0 Å². The van der Waals surface area contributed by atoms with Gasteiger partial charge in [-0.05, 0) is 25.7 Å². The molecule has 2 fully saturated rings. The van der Waals surface area contributed by atoms with Crippen LogP contribution in [-0.4, -0.2) is 29.8 Å². The molecule has 0 aliphatic heterocycles. The van der Waals surface area contributed by atoms with E-state index in [0.717, 1.165) is 19.3 Å². The van der Waals surface area contributed by atoms with Gasteiger partial charge in [-0.25, -0.2) is 0 Å². The van der Waals surface area contributed by atoms with Crippen molar-refractivity contribution in [3.05, 3.63) is 0 Å². The first kappa shape index (κ1) is 15.6. The summed E-state index contributed by atoms with van der Waals surface area (Å²) in [5.74, 6) is -2.97. The number of aliphatic hydroxyl groups excluding tert-OH is 1. The molecule has 1 amide bonds. The van der Waals surface area contributed by atoms with Gasteiger partial charge < -0.3 is 10.4 Å². The van der Waals surface area contributed by atoms with E-state index in [1.165, 1.54) is 0 Å². The van der Waals surface area contributed by atoms with Gasteiger partial charge in [0.1, 0.15) is 0 Å². The SMILES string of the molecule is O=C(NCC1CCCC1O)C1CCCCC1C(F)(F)F. The number of amides is 1. The maximum atomic E-state index is 12.9. The Morgan fingerprint density at radius 2 is 1.80 bits per heavy atom. The minimum Gasteiger partial charge on any atom is -0.393 e. The molecule has 2 aliphatic rings. The third-order valence-electron chi connectivity index (χ3n) is 4.68. The number of rotatable bonds is 3. The zero-order valence-corrected chi connectivity index (χ0v) is 11.5. The van der Waals surface area contributed by atoms with Gasteiger partial charge in [0.05, 0.1) is 12.0 Å². The van der Waals surface area contributed by atoms with Gasteiger partial charge in [0.25, 0.3) is 0 Å². The molecule has 2 rings (SSSR count). The Morgan fingerprint density at radius 3 is 2.40 bits per heavy atom. The quantitative estimate of drug-likeness (QED) is 0.840. The molecule has 3 nitrogen and oxygen atoms in total. The number of alkyl halides is 3. The molecular weight excluding hydrogens is 271 g/mol. The van der Waals surface area contributed by atoms with Crippen LogP contribution in [0.4, 0.5) is 13.2 Å². The first-order chi connectivity index (χ1) is 9.39. The summed E-state index contributed by atoms with van der Waals surface area (Å²) in [6.07, 6.45) is -0.696. The minimum absolute atomic E-state index is 0.00752. The number of carbonyl (C=O) groups is 1. The first-order valence-electron chi connectivity index (χ1n) is 7.42. The Kier molecular flexibility index (Phi) is 4.94. The van der Waals surface area contributed by atoms with Crippen molar-refractivity contribution in [2.75, 3.05) is 6.54 Å². The normalized spacial score (nSPS) is 35.0. The van der Waals surface area contributed by atoms with E-state index in [4.69, 9.17) is 0 Å². The highest BCUT2D eigenvalue weighted by Gasteiger charge is 2.48. The third-order valence-corrected chi connectivity index (χ3v) is 4.68. The predicted octanol–water partition coefficient (Wildman–Crippen LogP) is 2.63. The lowest BCUT2D eigenvalue weighted by atomic mass is 9.78. The van der Waals surface area contributed by atoms with Crippen molar-refractivity contribution in [1.82, 2.24) is 5.32 Å². The summed E-state index contributed by atoms with van der Waals surface area (Å²) < 4.78 is 38.8. The summed E-state index contributed by atoms with van der Waals surface area (Å²) in [6, 6.07) is 0. The molecule has 0 aromatic rings. The summed E-state index contributed by atoms with van der Waals surface area (Å²) in [7, 11) is 0. The van der Waals surface area contributed by atoms with Crippen LogP contribution in [0.1, 0.15) is 44.9 Å². The van der Waals surface area contributed by atoms with Gasteiger partial charge in [-0.2, -0.15) is 13.2 Å². The fourth-order valence-electron chi connectivity index (χ4n) is 3.45. The van der Waals surface area contributed by atoms with E-state index in [1.54, 1.807) is 0 Å². The van der Waals surface area contributed by atoms with Crippen LogP contribution in [-0.2, 0) is 4.79 Å². The summed E-state index contributed by atoms with van der Waals surface area (Å²) in [5.41, 5.74) is 0. The van der Waals surface area contributed by atoms with Gasteiger partial charge in [-0.15, -0.1) is 0 Å². The van der Waals surface area contributed by atoms with Gasteiger partial charge >= 0.3 is 6.18 Å². The molecule has 0 saturated heterocycles. The van der Waals surface area contributed by atoms with Crippen LogP contribution >= 0.6 is 0 Å². The molecule has 4 unspecified atom stereocenters. The zero-order chi connectivity index (χ0) is 14.8. The van der Waals surface area contributed by atoms with Crippen LogP contribution in [0.15, 0.2) is 0 Å². The number of hydrogen-bond donors (Lipinski definition) is 2. The Morgan fingerprint density at radius 1 is 1.10 bits per heavy atom. The Hall–Kier alpha value is -0.780. The Balaban J connectivity index is 1.89. The predicted molar refractivity (Wildman–Crippen MR) is 67.9 cm³/mol. The van der Waals surface area contributed by atoms with E-state index in [2.05, 4.69) is 5.32 Å². The van der Waals surface area contributed by atoms with E-state index < -0.39 is 30.0 Å². The molecule has 116 valence electrons. The van der Waals surface area contributed by atoms with Crippen LogP contribution in [0.2, 0.25) is 0 Å². The zero-order valence-electron chi connectivity index (χ0n) is 11.5. The van der Waals surface area contributed by atoms with Crippen molar-refractivity contribution >= 4 is 5.91 Å². The van der Waals surface area contributed by atoms with Crippen molar-refractivity contribution < 1.29 is 23.1 Å². The molecule has 2 N–H and O–H groups in total. The summed E-state index contributed by atoms with van der Waals surface area (Å²) >= 11 is 0. The summed E-state index contributed by atoms with van der Waals surface area (Å²) in [6.45, 7) is 0.293. The van der Waals surface area contributed by atoms with E-state index in [-0.39, 0.29) is 12.3 Å². The molecule has 2 aliphatic carbocycles. The van der Waals surface area contributed by atoms with Crippen LogP contribution in [0.3, 0.4) is 0 Å². The second kappa shape index (κ2) is 6.33. The highest BCUT2D eigenvalue weighted by atomic mass is 19.4. The molecule has 20 heavy (non-hydrogen) atoms. The van der Waals surface area contributed by atoms with Gasteiger partial charge in [0.2, 0.25) is 5.91 Å². The van der Waals surface area contributed by atoms with Gasteiger partial charge in [-0.3, -0.25) is 4.79 Å². The summed E-state index contributed by atoms with van der Waals surface area (Å²) in [5, 5.41) is 12.3. The lowest BCUT2D eigenvalue weighted by molar-refractivity contribution is -0.198. The van der Waals surface area contributed by atoms with Gasteiger partial charge in [0.15, 0.2) is 0 Å². The van der Waals surface area contributed by atoms with Gasteiger partial charge in [0, 0.05) is 18.4 Å². The van der Waals surface area contributed by atoms with E-state index in [0.29, 0.717) is 25.8 Å². The van der Waals surface area contributed by atoms with Crippen molar-refractivity contribution in [3.63, 3.8) is 0 Å². The minimum atomic E-state index is -4.30. The standard InChI is InChI=1S/C14H22F3NO2/c15-14(16,17)11-6-2-1-5-10(11)13(20)18-8-9-4-3-7-12(9)19/h9-12,19H,1-8H2,(H,18,20). The maximum Gasteiger partial charge on any atom is 0.392 e. The molecule has 0 heterocycles. The number of halogens is 3. The average molecular weight is 293 g/mol. The second-order valence-corrected chi connectivity index (χ2v) is 6.04. The van der Waals surface area contributed by atoms with Crippen molar-refractivity contribution in [2.24, 2.45) is 17.8 Å². The molecule has 0 bridgehead atoms. The number of hydrogen-bond acceptors (Lipinski definition) is 2. The van der Waals surface area contributed by atoms with Crippen LogP contribution in [0, 0.1) is 17.8 Å². The Bertz CT molecular complexity index is 346. The fraction of sp³-hybridized carbons (Fsp3) is 0.929. The molecule has 2 saturated carbocycles. The highest BCUT2D eigenvalue weighted by molar-refractivity contribution is 5.79. The van der Waals surface area contributed by atoms with Crippen molar-refractivity contribution in [3.8, 4) is 0 Å². The average Bonchev–Trinajstić information content (AvgIpc) is 2.80. The van der Waals surface area contributed by atoms with E-state index >= 15 is 0 Å². The van der Waals surface area contributed by atoms with E-state index in [1.807, 2.05) is 0 Å². The lowest BCUT2D eigenvalue weighted by Crippen LogP contribution is -2.44. The highest BCUT2D eigenvalue weighted by Crippen LogP contribution is 2.41.